The molecule has 1 saturated carbocycles. The van der Waals surface area contributed by atoms with E-state index < -0.39 is 0 Å². The van der Waals surface area contributed by atoms with Crippen LogP contribution < -0.4 is 14.8 Å². The van der Waals surface area contributed by atoms with Gasteiger partial charge in [0.2, 0.25) is 0 Å². The van der Waals surface area contributed by atoms with Crippen molar-refractivity contribution in [3.8, 4) is 11.5 Å². The van der Waals surface area contributed by atoms with Gasteiger partial charge in [-0.1, -0.05) is 26.7 Å². The van der Waals surface area contributed by atoms with E-state index >= 15 is 0 Å². The number of hydrogen-bond donors (Lipinski definition) is 1. The largest absolute Gasteiger partial charge is 0.497 e. The van der Waals surface area contributed by atoms with Crippen LogP contribution in [0.2, 0.25) is 0 Å². The van der Waals surface area contributed by atoms with Crippen LogP contribution in [0, 0.1) is 11.8 Å². The summed E-state index contributed by atoms with van der Waals surface area (Å²) >= 11 is 0. The Kier molecular flexibility index (Phi) is 4.56. The second-order valence-corrected chi connectivity index (χ2v) is 5.62. The topological polar surface area (TPSA) is 30.5 Å². The van der Waals surface area contributed by atoms with Crippen molar-refractivity contribution in [3.63, 3.8) is 0 Å². The normalized spacial score (nSPS) is 26.8. The molecule has 0 spiro atoms. The predicted octanol–water partition coefficient (Wildman–Crippen LogP) is 3.94. The predicted molar refractivity (Wildman–Crippen MR) is 79.1 cm³/mol. The fourth-order valence-corrected chi connectivity index (χ4v) is 2.89. The van der Waals surface area contributed by atoms with E-state index in [-0.39, 0.29) is 0 Å². The molecule has 19 heavy (non-hydrogen) atoms. The minimum Gasteiger partial charge on any atom is -0.497 e. The zero-order chi connectivity index (χ0) is 13.8. The molecular formula is C16H25NO2. The maximum absolute atomic E-state index is 5.31. The Bertz CT molecular complexity index is 397. The first-order valence-electron chi connectivity index (χ1n) is 7.13. The van der Waals surface area contributed by atoms with Gasteiger partial charge in [-0.2, -0.15) is 0 Å². The van der Waals surface area contributed by atoms with Gasteiger partial charge in [0.15, 0.2) is 0 Å². The van der Waals surface area contributed by atoms with Gasteiger partial charge in [0.25, 0.3) is 0 Å². The SMILES string of the molecule is COc1cc(NC2CCCC(C)C2C)cc(OC)c1. The molecule has 3 heteroatoms. The molecule has 0 radical (unpaired) electrons. The van der Waals surface area contributed by atoms with Gasteiger partial charge >= 0.3 is 0 Å². The van der Waals surface area contributed by atoms with Crippen LogP contribution in [0.4, 0.5) is 5.69 Å². The van der Waals surface area contributed by atoms with Crippen LogP contribution in [0.1, 0.15) is 33.1 Å². The lowest BCUT2D eigenvalue weighted by molar-refractivity contribution is 0.253. The Morgan fingerprint density at radius 3 is 2.21 bits per heavy atom. The second kappa shape index (κ2) is 6.18. The molecule has 3 unspecified atom stereocenters. The van der Waals surface area contributed by atoms with E-state index in [2.05, 4.69) is 19.2 Å². The van der Waals surface area contributed by atoms with Crippen LogP contribution in [0.25, 0.3) is 0 Å². The summed E-state index contributed by atoms with van der Waals surface area (Å²) in [7, 11) is 3.37. The number of benzene rings is 1. The Labute approximate surface area is 116 Å². The Morgan fingerprint density at radius 1 is 1.00 bits per heavy atom. The van der Waals surface area contributed by atoms with Crippen molar-refractivity contribution in [3.05, 3.63) is 18.2 Å². The lowest BCUT2D eigenvalue weighted by Gasteiger charge is -2.35. The molecule has 0 amide bonds. The van der Waals surface area contributed by atoms with Gasteiger partial charge in [0, 0.05) is 29.9 Å². The molecule has 1 aromatic rings. The fourth-order valence-electron chi connectivity index (χ4n) is 2.89. The average molecular weight is 263 g/mol. The molecular weight excluding hydrogens is 238 g/mol. The van der Waals surface area contributed by atoms with Crippen LogP contribution >= 0.6 is 0 Å². The van der Waals surface area contributed by atoms with E-state index in [1.165, 1.54) is 19.3 Å². The highest BCUT2D eigenvalue weighted by atomic mass is 16.5. The summed E-state index contributed by atoms with van der Waals surface area (Å²) in [4.78, 5) is 0. The first-order valence-corrected chi connectivity index (χ1v) is 7.13. The molecule has 1 N–H and O–H groups in total. The molecule has 0 bridgehead atoms. The molecule has 1 fully saturated rings. The number of nitrogens with one attached hydrogen (secondary N) is 1. The lowest BCUT2D eigenvalue weighted by Crippen LogP contribution is -2.34. The fraction of sp³-hybridized carbons (Fsp3) is 0.625. The Hall–Kier alpha value is -1.38. The summed E-state index contributed by atoms with van der Waals surface area (Å²) in [5.41, 5.74) is 1.09. The third-order valence-corrected chi connectivity index (χ3v) is 4.41. The number of hydrogen-bond acceptors (Lipinski definition) is 3. The second-order valence-electron chi connectivity index (χ2n) is 5.62. The van der Waals surface area contributed by atoms with Gasteiger partial charge in [-0.25, -0.2) is 0 Å². The van der Waals surface area contributed by atoms with Crippen LogP contribution in [0.3, 0.4) is 0 Å². The van der Waals surface area contributed by atoms with E-state index in [1.54, 1.807) is 14.2 Å². The molecule has 0 saturated heterocycles. The van der Waals surface area contributed by atoms with E-state index in [0.717, 1.165) is 23.1 Å². The molecule has 3 nitrogen and oxygen atoms in total. The summed E-state index contributed by atoms with van der Waals surface area (Å²) in [5, 5.41) is 3.65. The van der Waals surface area contributed by atoms with Gasteiger partial charge in [-0.05, 0) is 18.3 Å². The standard InChI is InChI=1S/C16H25NO2/c1-11-6-5-7-16(12(11)2)17-13-8-14(18-3)10-15(9-13)19-4/h8-12,16-17H,5-7H2,1-4H3. The molecule has 3 atom stereocenters. The molecule has 106 valence electrons. The van der Waals surface area contributed by atoms with Crippen molar-refractivity contribution in [1.29, 1.82) is 0 Å². The number of methoxy groups -OCH3 is 2. The summed E-state index contributed by atoms with van der Waals surface area (Å²) in [6, 6.07) is 6.52. The molecule has 1 aliphatic carbocycles. The van der Waals surface area contributed by atoms with Gasteiger partial charge in [-0.15, -0.1) is 0 Å². The molecule has 1 aliphatic rings. The Morgan fingerprint density at radius 2 is 1.63 bits per heavy atom. The molecule has 2 rings (SSSR count). The van der Waals surface area contributed by atoms with Crippen LogP contribution in [0.5, 0.6) is 11.5 Å². The third kappa shape index (κ3) is 3.34. The summed E-state index contributed by atoms with van der Waals surface area (Å²) in [6.45, 7) is 4.70. The van der Waals surface area contributed by atoms with Crippen LogP contribution in [-0.4, -0.2) is 20.3 Å². The number of ether oxygens (including phenoxy) is 2. The van der Waals surface area contributed by atoms with E-state index in [0.29, 0.717) is 12.0 Å². The van der Waals surface area contributed by atoms with Gasteiger partial charge in [0.05, 0.1) is 14.2 Å². The van der Waals surface area contributed by atoms with Crippen molar-refractivity contribution in [2.45, 2.75) is 39.2 Å². The van der Waals surface area contributed by atoms with Crippen LogP contribution in [0.15, 0.2) is 18.2 Å². The van der Waals surface area contributed by atoms with E-state index in [1.807, 2.05) is 18.2 Å². The highest BCUT2D eigenvalue weighted by Crippen LogP contribution is 2.33. The summed E-state index contributed by atoms with van der Waals surface area (Å²) in [6.07, 6.45) is 3.90. The van der Waals surface area contributed by atoms with Crippen molar-refractivity contribution in [2.75, 3.05) is 19.5 Å². The van der Waals surface area contributed by atoms with Gasteiger partial charge < -0.3 is 14.8 Å². The quantitative estimate of drug-likeness (QED) is 0.892. The first-order chi connectivity index (χ1) is 9.13. The van der Waals surface area contributed by atoms with E-state index in [4.69, 9.17) is 9.47 Å². The number of rotatable bonds is 4. The minimum atomic E-state index is 0.542. The maximum Gasteiger partial charge on any atom is 0.124 e. The van der Waals surface area contributed by atoms with Crippen molar-refractivity contribution < 1.29 is 9.47 Å². The third-order valence-electron chi connectivity index (χ3n) is 4.41. The summed E-state index contributed by atoms with van der Waals surface area (Å²) in [5.74, 6) is 3.15. The zero-order valence-corrected chi connectivity index (χ0v) is 12.4. The maximum atomic E-state index is 5.31. The van der Waals surface area contributed by atoms with Crippen molar-refractivity contribution in [2.24, 2.45) is 11.8 Å². The molecule has 0 aromatic heterocycles. The summed E-state index contributed by atoms with van der Waals surface area (Å²) < 4.78 is 10.6. The van der Waals surface area contributed by atoms with Crippen molar-refractivity contribution in [1.82, 2.24) is 0 Å². The molecule has 0 aliphatic heterocycles. The zero-order valence-electron chi connectivity index (χ0n) is 12.4. The van der Waals surface area contributed by atoms with Gasteiger partial charge in [-0.3, -0.25) is 0 Å². The highest BCUT2D eigenvalue weighted by molar-refractivity contribution is 5.54. The first kappa shape index (κ1) is 14.0. The highest BCUT2D eigenvalue weighted by Gasteiger charge is 2.26. The lowest BCUT2D eigenvalue weighted by atomic mass is 9.78. The molecule has 0 heterocycles. The average Bonchev–Trinajstić information content (AvgIpc) is 2.43. The van der Waals surface area contributed by atoms with Crippen molar-refractivity contribution >= 4 is 5.69 Å². The number of anilines is 1. The van der Waals surface area contributed by atoms with Crippen LogP contribution in [-0.2, 0) is 0 Å². The van der Waals surface area contributed by atoms with Gasteiger partial charge in [0.1, 0.15) is 11.5 Å². The molecule has 1 aromatic carbocycles. The Balaban J connectivity index is 2.13. The minimum absolute atomic E-state index is 0.542. The van der Waals surface area contributed by atoms with E-state index in [9.17, 15) is 0 Å². The monoisotopic (exact) mass is 263 g/mol. The smallest absolute Gasteiger partial charge is 0.124 e.